The minimum Gasteiger partial charge on any atom is -0.483 e. The van der Waals surface area contributed by atoms with E-state index < -0.39 is 0 Å². The van der Waals surface area contributed by atoms with Gasteiger partial charge in [0.05, 0.1) is 5.56 Å². The molecule has 0 amide bonds. The van der Waals surface area contributed by atoms with Gasteiger partial charge in [0.15, 0.2) is 0 Å². The third-order valence-corrected chi connectivity index (χ3v) is 6.60. The highest BCUT2D eigenvalue weighted by atomic mass is 16.5. The van der Waals surface area contributed by atoms with Gasteiger partial charge >= 0.3 is 5.97 Å². The molecule has 0 aromatic heterocycles. The van der Waals surface area contributed by atoms with Crippen molar-refractivity contribution in [2.75, 3.05) is 0 Å². The molecule has 1 aliphatic heterocycles. The molecule has 2 aliphatic rings. The number of unbranched alkanes of at least 4 members (excludes halogenated alkanes) is 2. The van der Waals surface area contributed by atoms with E-state index in [1.807, 2.05) is 0 Å². The predicted molar refractivity (Wildman–Crippen MR) is 115 cm³/mol. The Morgan fingerprint density at radius 2 is 1.96 bits per heavy atom. The van der Waals surface area contributed by atoms with Crippen molar-refractivity contribution >= 4 is 11.5 Å². The molecule has 0 spiro atoms. The molecule has 0 N–H and O–H groups in total. The maximum Gasteiger partial charge on any atom is 0.308 e. The van der Waals surface area contributed by atoms with Crippen molar-refractivity contribution in [3.8, 4) is 11.5 Å². The van der Waals surface area contributed by atoms with Crippen LogP contribution in [0.3, 0.4) is 0 Å². The van der Waals surface area contributed by atoms with Crippen molar-refractivity contribution in [1.82, 2.24) is 0 Å². The molecule has 0 saturated heterocycles. The number of hydrogen-bond donors (Lipinski definition) is 0. The molecule has 1 aliphatic carbocycles. The molecule has 1 heterocycles. The number of fused-ring (bicyclic) bond motifs is 2. The first-order valence-corrected chi connectivity index (χ1v) is 11.0. The number of carbonyl (C=O) groups excluding carboxylic acids is 1. The zero-order valence-electron chi connectivity index (χ0n) is 18.5. The molecule has 0 bridgehead atoms. The van der Waals surface area contributed by atoms with E-state index >= 15 is 0 Å². The van der Waals surface area contributed by atoms with Crippen LogP contribution in [-0.2, 0) is 4.79 Å². The summed E-state index contributed by atoms with van der Waals surface area (Å²) >= 11 is 0. The number of esters is 1. The van der Waals surface area contributed by atoms with Gasteiger partial charge in [0, 0.05) is 6.92 Å². The summed E-state index contributed by atoms with van der Waals surface area (Å²) in [5.74, 6) is 2.26. The third kappa shape index (κ3) is 4.14. The van der Waals surface area contributed by atoms with Gasteiger partial charge in [-0.25, -0.2) is 0 Å². The Bertz CT molecular complexity index is 772. The Morgan fingerprint density at radius 3 is 2.64 bits per heavy atom. The minimum absolute atomic E-state index is 0.270. The van der Waals surface area contributed by atoms with E-state index in [1.165, 1.54) is 49.3 Å². The molecule has 28 heavy (non-hydrogen) atoms. The van der Waals surface area contributed by atoms with E-state index in [-0.39, 0.29) is 11.6 Å². The number of allylic oxidation sites excluding steroid dienone is 1. The van der Waals surface area contributed by atoms with Gasteiger partial charge < -0.3 is 9.47 Å². The lowest BCUT2D eigenvalue weighted by molar-refractivity contribution is -0.131. The summed E-state index contributed by atoms with van der Waals surface area (Å²) in [5.41, 5.74) is 4.62. The fourth-order valence-corrected chi connectivity index (χ4v) is 4.80. The molecule has 1 aromatic rings. The van der Waals surface area contributed by atoms with Crippen LogP contribution >= 0.6 is 0 Å². The average Bonchev–Trinajstić information content (AvgIpc) is 3.10. The molecule has 3 heteroatoms. The Kier molecular flexibility index (Phi) is 6.21. The van der Waals surface area contributed by atoms with Crippen LogP contribution in [0.15, 0.2) is 17.7 Å². The lowest BCUT2D eigenvalue weighted by Gasteiger charge is -2.36. The second-order valence-corrected chi connectivity index (χ2v) is 9.17. The molecule has 0 radical (unpaired) electrons. The van der Waals surface area contributed by atoms with Crippen LogP contribution in [0.25, 0.3) is 5.57 Å². The highest BCUT2D eigenvalue weighted by Gasteiger charge is 2.39. The minimum atomic E-state index is -0.291. The smallest absolute Gasteiger partial charge is 0.308 e. The second kappa shape index (κ2) is 8.31. The first-order valence-electron chi connectivity index (χ1n) is 11.0. The molecule has 154 valence electrons. The number of benzene rings is 1. The van der Waals surface area contributed by atoms with E-state index in [2.05, 4.69) is 46.8 Å². The standard InChI is InChI=1S/C25H36O3/c1-7-8-9-11-16(2)17(3)19-14-22(27-18(4)26)24-20-12-10-13-21(20)25(5,6)28-23(24)15-19/h14-17H,7-13H2,1-6H3. The van der Waals surface area contributed by atoms with Gasteiger partial charge in [-0.05, 0) is 73.8 Å². The van der Waals surface area contributed by atoms with Crippen molar-refractivity contribution in [2.24, 2.45) is 5.92 Å². The summed E-state index contributed by atoms with van der Waals surface area (Å²) in [5, 5.41) is 0. The second-order valence-electron chi connectivity index (χ2n) is 9.17. The van der Waals surface area contributed by atoms with Crippen molar-refractivity contribution in [2.45, 2.75) is 98.0 Å². The normalized spacial score (nSPS) is 19.5. The first kappa shape index (κ1) is 21.0. The van der Waals surface area contributed by atoms with Crippen LogP contribution in [0.1, 0.15) is 104 Å². The van der Waals surface area contributed by atoms with E-state index in [0.29, 0.717) is 17.6 Å². The summed E-state index contributed by atoms with van der Waals surface area (Å²) < 4.78 is 12.2. The van der Waals surface area contributed by atoms with Crippen molar-refractivity contribution in [3.63, 3.8) is 0 Å². The molecular weight excluding hydrogens is 348 g/mol. The first-order chi connectivity index (χ1) is 13.2. The fourth-order valence-electron chi connectivity index (χ4n) is 4.80. The van der Waals surface area contributed by atoms with E-state index in [9.17, 15) is 4.79 Å². The molecule has 0 fully saturated rings. The van der Waals surface area contributed by atoms with Crippen LogP contribution in [0.5, 0.6) is 11.5 Å². The van der Waals surface area contributed by atoms with Gasteiger partial charge in [0.2, 0.25) is 0 Å². The lowest BCUT2D eigenvalue weighted by Crippen LogP contribution is -2.33. The molecule has 2 atom stereocenters. The lowest BCUT2D eigenvalue weighted by atomic mass is 9.82. The summed E-state index contributed by atoms with van der Waals surface area (Å²) in [6.07, 6.45) is 8.26. The van der Waals surface area contributed by atoms with E-state index in [1.54, 1.807) is 0 Å². The zero-order valence-corrected chi connectivity index (χ0v) is 18.5. The highest BCUT2D eigenvalue weighted by molar-refractivity contribution is 5.84. The van der Waals surface area contributed by atoms with Gasteiger partial charge in [-0.15, -0.1) is 0 Å². The molecule has 2 unspecified atom stereocenters. The summed E-state index contributed by atoms with van der Waals surface area (Å²) in [7, 11) is 0. The van der Waals surface area contributed by atoms with Crippen molar-refractivity contribution in [3.05, 3.63) is 28.8 Å². The van der Waals surface area contributed by atoms with Gasteiger partial charge in [-0.2, -0.15) is 0 Å². The Hall–Kier alpha value is -1.77. The van der Waals surface area contributed by atoms with Crippen molar-refractivity contribution in [1.29, 1.82) is 0 Å². The maximum atomic E-state index is 11.8. The number of hydrogen-bond acceptors (Lipinski definition) is 3. The number of carbonyl (C=O) groups is 1. The largest absolute Gasteiger partial charge is 0.483 e. The summed E-state index contributed by atoms with van der Waals surface area (Å²) in [6, 6.07) is 4.29. The fraction of sp³-hybridized carbons (Fsp3) is 0.640. The Labute approximate surface area is 170 Å². The van der Waals surface area contributed by atoms with E-state index in [0.717, 1.165) is 30.6 Å². The van der Waals surface area contributed by atoms with Gasteiger partial charge in [0.25, 0.3) is 0 Å². The summed E-state index contributed by atoms with van der Waals surface area (Å²) in [6.45, 7) is 12.6. The zero-order chi connectivity index (χ0) is 20.5. The quantitative estimate of drug-likeness (QED) is 0.287. The van der Waals surface area contributed by atoms with Crippen LogP contribution in [-0.4, -0.2) is 11.6 Å². The average molecular weight is 385 g/mol. The van der Waals surface area contributed by atoms with E-state index in [4.69, 9.17) is 9.47 Å². The maximum absolute atomic E-state index is 11.8. The summed E-state index contributed by atoms with van der Waals surface area (Å²) in [4.78, 5) is 11.8. The van der Waals surface area contributed by atoms with Crippen LogP contribution < -0.4 is 9.47 Å². The molecule has 3 nitrogen and oxygen atoms in total. The topological polar surface area (TPSA) is 35.5 Å². The van der Waals surface area contributed by atoms with Crippen LogP contribution in [0.2, 0.25) is 0 Å². The van der Waals surface area contributed by atoms with Crippen LogP contribution in [0, 0.1) is 5.92 Å². The van der Waals surface area contributed by atoms with Gasteiger partial charge in [0.1, 0.15) is 17.1 Å². The third-order valence-electron chi connectivity index (χ3n) is 6.60. The van der Waals surface area contributed by atoms with Crippen molar-refractivity contribution < 1.29 is 14.3 Å². The Morgan fingerprint density at radius 1 is 1.21 bits per heavy atom. The predicted octanol–water partition coefficient (Wildman–Crippen LogP) is 7.04. The van der Waals surface area contributed by atoms with Gasteiger partial charge in [-0.1, -0.05) is 46.5 Å². The highest BCUT2D eigenvalue weighted by Crippen LogP contribution is 2.52. The molecular formula is C25H36O3. The molecule has 1 aromatic carbocycles. The molecule has 3 rings (SSSR count). The number of rotatable bonds is 7. The molecule has 0 saturated carbocycles. The van der Waals surface area contributed by atoms with Gasteiger partial charge in [-0.3, -0.25) is 4.79 Å². The van der Waals surface area contributed by atoms with Crippen LogP contribution in [0.4, 0.5) is 0 Å². The number of ether oxygens (including phenoxy) is 2. The monoisotopic (exact) mass is 384 g/mol. The SMILES string of the molecule is CCCCCC(C)C(C)c1cc(OC(C)=O)c2c(c1)OC(C)(C)C1=C2CCC1. The Balaban J connectivity index is 2.01.